The standard InChI is InChI=1S/C16H18/c1-6-12-13(7-2)16(4,5)14-10-8-9-11(3)15(12)14/h6-10H,1-2H2,3-5H3. The van der Waals surface area contributed by atoms with Crippen molar-refractivity contribution in [3.63, 3.8) is 0 Å². The van der Waals surface area contributed by atoms with Crippen LogP contribution in [0.1, 0.15) is 30.5 Å². The molecule has 0 saturated heterocycles. The topological polar surface area (TPSA) is 0 Å². The summed E-state index contributed by atoms with van der Waals surface area (Å²) in [5.74, 6) is 0. The summed E-state index contributed by atoms with van der Waals surface area (Å²) in [4.78, 5) is 0. The summed E-state index contributed by atoms with van der Waals surface area (Å²) < 4.78 is 0. The highest BCUT2D eigenvalue weighted by molar-refractivity contribution is 5.88. The van der Waals surface area contributed by atoms with Crippen molar-refractivity contribution >= 4 is 5.57 Å². The Balaban J connectivity index is 2.85. The van der Waals surface area contributed by atoms with Gasteiger partial charge < -0.3 is 0 Å². The van der Waals surface area contributed by atoms with Gasteiger partial charge in [0.1, 0.15) is 0 Å². The molecule has 0 saturated carbocycles. The highest BCUT2D eigenvalue weighted by Gasteiger charge is 2.35. The van der Waals surface area contributed by atoms with Gasteiger partial charge in [0.2, 0.25) is 0 Å². The maximum Gasteiger partial charge on any atom is 0.0158 e. The second kappa shape index (κ2) is 3.48. The second-order valence-corrected chi connectivity index (χ2v) is 4.86. The largest absolute Gasteiger partial charge is 0.0987 e. The van der Waals surface area contributed by atoms with Crippen LogP contribution in [0.25, 0.3) is 5.57 Å². The van der Waals surface area contributed by atoms with Crippen LogP contribution in [0.15, 0.2) is 49.1 Å². The molecule has 2 rings (SSSR count). The lowest BCUT2D eigenvalue weighted by atomic mass is 9.81. The van der Waals surface area contributed by atoms with E-state index >= 15 is 0 Å². The van der Waals surface area contributed by atoms with Crippen molar-refractivity contribution in [3.05, 3.63) is 65.8 Å². The van der Waals surface area contributed by atoms with Crippen LogP contribution in [0, 0.1) is 6.92 Å². The molecule has 1 aliphatic carbocycles. The van der Waals surface area contributed by atoms with Crippen LogP contribution in [0.4, 0.5) is 0 Å². The smallest absolute Gasteiger partial charge is 0.0158 e. The van der Waals surface area contributed by atoms with Crippen LogP contribution < -0.4 is 0 Å². The number of hydrogen-bond donors (Lipinski definition) is 0. The second-order valence-electron chi connectivity index (χ2n) is 4.86. The van der Waals surface area contributed by atoms with E-state index in [1.165, 1.54) is 27.8 Å². The zero-order chi connectivity index (χ0) is 11.9. The molecule has 0 spiro atoms. The van der Waals surface area contributed by atoms with E-state index in [1.807, 2.05) is 12.2 Å². The highest BCUT2D eigenvalue weighted by Crippen LogP contribution is 2.47. The monoisotopic (exact) mass is 210 g/mol. The predicted molar refractivity (Wildman–Crippen MR) is 71.5 cm³/mol. The van der Waals surface area contributed by atoms with E-state index in [0.717, 1.165) is 0 Å². The highest BCUT2D eigenvalue weighted by atomic mass is 14.4. The normalized spacial score (nSPS) is 17.2. The number of hydrogen-bond acceptors (Lipinski definition) is 0. The molecule has 0 unspecified atom stereocenters. The molecule has 0 fully saturated rings. The molecule has 0 amide bonds. The fourth-order valence-electron chi connectivity index (χ4n) is 2.74. The fourth-order valence-corrected chi connectivity index (χ4v) is 2.74. The van der Waals surface area contributed by atoms with Crippen molar-refractivity contribution in [1.29, 1.82) is 0 Å². The minimum atomic E-state index is 0.0482. The van der Waals surface area contributed by atoms with E-state index in [9.17, 15) is 0 Å². The molecule has 0 aliphatic heterocycles. The fraction of sp³-hybridized carbons (Fsp3) is 0.250. The molecule has 0 atom stereocenters. The molecule has 1 aromatic rings. The maximum absolute atomic E-state index is 3.94. The molecule has 82 valence electrons. The van der Waals surface area contributed by atoms with Gasteiger partial charge in [-0.25, -0.2) is 0 Å². The zero-order valence-corrected chi connectivity index (χ0v) is 10.3. The number of aryl methyl sites for hydroxylation is 1. The molecule has 0 radical (unpaired) electrons. The molecule has 16 heavy (non-hydrogen) atoms. The van der Waals surface area contributed by atoms with Gasteiger partial charge in [0.25, 0.3) is 0 Å². The number of benzene rings is 1. The van der Waals surface area contributed by atoms with Crippen molar-refractivity contribution in [1.82, 2.24) is 0 Å². The van der Waals surface area contributed by atoms with E-state index < -0.39 is 0 Å². The van der Waals surface area contributed by atoms with Crippen LogP contribution >= 0.6 is 0 Å². The van der Waals surface area contributed by atoms with Crippen LogP contribution in [-0.2, 0) is 5.41 Å². The lowest BCUT2D eigenvalue weighted by Gasteiger charge is -2.22. The number of rotatable bonds is 2. The van der Waals surface area contributed by atoms with Crippen LogP contribution in [0.3, 0.4) is 0 Å². The molecule has 0 heteroatoms. The van der Waals surface area contributed by atoms with Crippen molar-refractivity contribution in [3.8, 4) is 0 Å². The molecular formula is C16H18. The van der Waals surface area contributed by atoms with Gasteiger partial charge in [0.15, 0.2) is 0 Å². The summed E-state index contributed by atoms with van der Waals surface area (Å²) in [5, 5.41) is 0. The van der Waals surface area contributed by atoms with Crippen molar-refractivity contribution < 1.29 is 0 Å². The summed E-state index contributed by atoms with van der Waals surface area (Å²) >= 11 is 0. The van der Waals surface area contributed by atoms with Gasteiger partial charge in [0.05, 0.1) is 0 Å². The van der Waals surface area contributed by atoms with Crippen LogP contribution in [0.2, 0.25) is 0 Å². The Kier molecular flexibility index (Phi) is 2.38. The Bertz CT molecular complexity index is 499. The van der Waals surface area contributed by atoms with Gasteiger partial charge >= 0.3 is 0 Å². The third kappa shape index (κ3) is 1.23. The van der Waals surface area contributed by atoms with E-state index in [1.54, 1.807) is 0 Å². The molecule has 1 aromatic carbocycles. The lowest BCUT2D eigenvalue weighted by molar-refractivity contribution is 0.654. The molecular weight excluding hydrogens is 192 g/mol. The first kappa shape index (κ1) is 10.9. The minimum absolute atomic E-state index is 0.0482. The first-order valence-electron chi connectivity index (χ1n) is 5.64. The van der Waals surface area contributed by atoms with Gasteiger partial charge in [-0.3, -0.25) is 0 Å². The van der Waals surface area contributed by atoms with Crippen molar-refractivity contribution in [2.45, 2.75) is 26.2 Å². The number of allylic oxidation sites excluding steroid dienone is 4. The van der Waals surface area contributed by atoms with E-state index in [-0.39, 0.29) is 5.41 Å². The quantitative estimate of drug-likeness (QED) is 0.678. The maximum atomic E-state index is 3.94. The Morgan fingerprint density at radius 3 is 2.38 bits per heavy atom. The zero-order valence-electron chi connectivity index (χ0n) is 10.3. The molecule has 1 aliphatic rings. The van der Waals surface area contributed by atoms with Crippen molar-refractivity contribution in [2.24, 2.45) is 0 Å². The molecule has 0 heterocycles. The number of fused-ring (bicyclic) bond motifs is 1. The van der Waals surface area contributed by atoms with Gasteiger partial charge in [-0.2, -0.15) is 0 Å². The van der Waals surface area contributed by atoms with E-state index in [2.05, 4.69) is 52.1 Å². The summed E-state index contributed by atoms with van der Waals surface area (Å²) in [6, 6.07) is 6.50. The third-order valence-corrected chi connectivity index (χ3v) is 3.59. The molecule has 0 aromatic heterocycles. The Morgan fingerprint density at radius 2 is 1.81 bits per heavy atom. The Hall–Kier alpha value is -1.56. The first-order chi connectivity index (χ1) is 7.54. The SMILES string of the molecule is C=CC1=C(C=C)C(C)(C)c2cccc(C)c21. The average Bonchev–Trinajstić information content (AvgIpc) is 2.47. The third-order valence-electron chi connectivity index (χ3n) is 3.59. The van der Waals surface area contributed by atoms with Crippen LogP contribution in [-0.4, -0.2) is 0 Å². The minimum Gasteiger partial charge on any atom is -0.0987 e. The predicted octanol–water partition coefficient (Wildman–Crippen LogP) is 4.41. The lowest BCUT2D eigenvalue weighted by Crippen LogP contribution is -2.16. The molecule has 0 N–H and O–H groups in total. The summed E-state index contributed by atoms with van der Waals surface area (Å²) in [7, 11) is 0. The molecule has 0 bridgehead atoms. The summed E-state index contributed by atoms with van der Waals surface area (Å²) in [5.41, 5.74) is 6.62. The molecule has 0 nitrogen and oxygen atoms in total. The van der Waals surface area contributed by atoms with Gasteiger partial charge in [-0.05, 0) is 34.8 Å². The first-order valence-corrected chi connectivity index (χ1v) is 5.64. The summed E-state index contributed by atoms with van der Waals surface area (Å²) in [6.07, 6.45) is 3.92. The van der Waals surface area contributed by atoms with E-state index in [0.29, 0.717) is 0 Å². The van der Waals surface area contributed by atoms with Gasteiger partial charge in [0, 0.05) is 5.41 Å². The Morgan fingerprint density at radius 1 is 1.12 bits per heavy atom. The van der Waals surface area contributed by atoms with Gasteiger partial charge in [-0.15, -0.1) is 0 Å². The van der Waals surface area contributed by atoms with Gasteiger partial charge in [-0.1, -0.05) is 57.4 Å². The average molecular weight is 210 g/mol. The Labute approximate surface area is 98.0 Å². The van der Waals surface area contributed by atoms with Crippen LogP contribution in [0.5, 0.6) is 0 Å². The summed E-state index contributed by atoms with van der Waals surface area (Å²) in [6.45, 7) is 14.5. The van der Waals surface area contributed by atoms with Crippen molar-refractivity contribution in [2.75, 3.05) is 0 Å². The van der Waals surface area contributed by atoms with E-state index in [4.69, 9.17) is 0 Å².